The maximum absolute atomic E-state index is 10.8. The summed E-state index contributed by atoms with van der Waals surface area (Å²) in [5.74, 6) is -2.17. The molecule has 0 aromatic carbocycles. The molecule has 0 bridgehead atoms. The van der Waals surface area contributed by atoms with E-state index in [1.165, 1.54) is 0 Å². The number of hydrogen-bond acceptors (Lipinski definition) is 7. The van der Waals surface area contributed by atoms with E-state index < -0.39 is 37.2 Å². The van der Waals surface area contributed by atoms with Crippen LogP contribution in [0, 0.1) is 0 Å². The van der Waals surface area contributed by atoms with E-state index in [0.29, 0.717) is 0 Å². The lowest BCUT2D eigenvalue weighted by Crippen LogP contribution is -2.23. The van der Waals surface area contributed by atoms with E-state index in [1.54, 1.807) is 13.8 Å². The van der Waals surface area contributed by atoms with Gasteiger partial charge in [-0.05, 0) is 0 Å². The Balaban J connectivity index is 0. The van der Waals surface area contributed by atoms with Crippen LogP contribution in [0.25, 0.3) is 0 Å². The van der Waals surface area contributed by atoms with Crippen LogP contribution in [-0.2, 0) is 23.9 Å². The summed E-state index contributed by atoms with van der Waals surface area (Å²) in [4.78, 5) is 30.7. The van der Waals surface area contributed by atoms with E-state index in [4.69, 9.17) is 15.3 Å². The third-order valence-corrected chi connectivity index (χ3v) is 1.56. The summed E-state index contributed by atoms with van der Waals surface area (Å²) in [6.07, 6.45) is -0.685. The minimum absolute atomic E-state index is 0.116. The Morgan fingerprint density at radius 3 is 2.00 bits per heavy atom. The summed E-state index contributed by atoms with van der Waals surface area (Å²) in [7, 11) is 0. The smallest absolute Gasteiger partial charge is 0.339 e. The van der Waals surface area contributed by atoms with E-state index in [9.17, 15) is 14.4 Å². The molecule has 0 aromatic heterocycles. The average Bonchev–Trinajstić information content (AvgIpc) is 2.38. The molecule has 0 aromatic rings. The predicted octanol–water partition coefficient (Wildman–Crippen LogP) is -0.683. The highest BCUT2D eigenvalue weighted by atomic mass is 16.6. The molecule has 0 aliphatic carbocycles. The van der Waals surface area contributed by atoms with Gasteiger partial charge in [0, 0.05) is 12.8 Å². The number of aliphatic hydroxyl groups is 2. The summed E-state index contributed by atoms with van der Waals surface area (Å²) in [5, 5.41) is 24.9. The normalized spacial score (nSPS) is 10.9. The second-order valence-corrected chi connectivity index (χ2v) is 3.30. The van der Waals surface area contributed by atoms with Crippen LogP contribution < -0.4 is 0 Å². The Hall–Kier alpha value is -1.51. The number of carboxylic acid groups (broad SMARTS) is 1. The third-order valence-electron chi connectivity index (χ3n) is 1.56. The van der Waals surface area contributed by atoms with Crippen LogP contribution in [0.2, 0.25) is 0 Å². The molecule has 19 heavy (non-hydrogen) atoms. The standard InChI is InChI=1S/C8H14O6.C3H6O2/c1-2-7(11)14-8(12)5-13-4-6(10)3-9;1-2-3(4)5/h6,9-10H,2-5H2,1H3;2H2,1H3,(H,4,5). The van der Waals surface area contributed by atoms with E-state index in [-0.39, 0.29) is 19.4 Å². The van der Waals surface area contributed by atoms with Crippen LogP contribution in [0.5, 0.6) is 0 Å². The first kappa shape index (κ1) is 19.8. The molecule has 0 fully saturated rings. The lowest BCUT2D eigenvalue weighted by molar-refractivity contribution is -0.163. The second-order valence-electron chi connectivity index (χ2n) is 3.30. The molecule has 0 amide bonds. The molecule has 0 aliphatic rings. The Bertz CT molecular complexity index is 276. The number of esters is 2. The number of carboxylic acids is 1. The van der Waals surface area contributed by atoms with Crippen LogP contribution in [0.1, 0.15) is 26.7 Å². The first-order valence-electron chi connectivity index (χ1n) is 5.69. The zero-order chi connectivity index (χ0) is 15.3. The Morgan fingerprint density at radius 1 is 1.11 bits per heavy atom. The van der Waals surface area contributed by atoms with Gasteiger partial charge >= 0.3 is 17.9 Å². The van der Waals surface area contributed by atoms with Gasteiger partial charge in [0.1, 0.15) is 12.7 Å². The van der Waals surface area contributed by atoms with Crippen LogP contribution >= 0.6 is 0 Å². The molecule has 0 saturated carbocycles. The van der Waals surface area contributed by atoms with Gasteiger partial charge in [0.05, 0.1) is 13.2 Å². The van der Waals surface area contributed by atoms with Crippen molar-refractivity contribution in [1.29, 1.82) is 0 Å². The summed E-state index contributed by atoms with van der Waals surface area (Å²) in [5.41, 5.74) is 0. The highest BCUT2D eigenvalue weighted by Gasteiger charge is 2.09. The van der Waals surface area contributed by atoms with Crippen molar-refractivity contribution in [3.8, 4) is 0 Å². The molecule has 1 unspecified atom stereocenters. The summed E-state index contributed by atoms with van der Waals surface area (Å²) >= 11 is 0. The van der Waals surface area contributed by atoms with Gasteiger partial charge < -0.3 is 24.8 Å². The van der Waals surface area contributed by atoms with Crippen molar-refractivity contribution in [2.75, 3.05) is 19.8 Å². The van der Waals surface area contributed by atoms with Gasteiger partial charge in [0.25, 0.3) is 0 Å². The summed E-state index contributed by atoms with van der Waals surface area (Å²) in [6, 6.07) is 0. The molecule has 0 aliphatic heterocycles. The number of carbonyl (C=O) groups excluding carboxylic acids is 2. The summed E-state index contributed by atoms with van der Waals surface area (Å²) < 4.78 is 8.92. The number of carbonyl (C=O) groups is 3. The van der Waals surface area contributed by atoms with Crippen molar-refractivity contribution in [1.82, 2.24) is 0 Å². The molecule has 0 saturated heterocycles. The first-order valence-corrected chi connectivity index (χ1v) is 5.69. The van der Waals surface area contributed by atoms with Gasteiger partial charge in [-0.15, -0.1) is 0 Å². The molecule has 8 nitrogen and oxygen atoms in total. The highest BCUT2D eigenvalue weighted by Crippen LogP contribution is 1.89. The minimum Gasteiger partial charge on any atom is -0.481 e. The van der Waals surface area contributed by atoms with Crippen LogP contribution in [0.3, 0.4) is 0 Å². The molecule has 3 N–H and O–H groups in total. The molecule has 0 radical (unpaired) electrons. The maximum Gasteiger partial charge on any atom is 0.339 e. The van der Waals surface area contributed by atoms with Crippen molar-refractivity contribution in [3.63, 3.8) is 0 Å². The zero-order valence-electron chi connectivity index (χ0n) is 11.0. The fraction of sp³-hybridized carbons (Fsp3) is 0.727. The third kappa shape index (κ3) is 16.5. The number of rotatable bonds is 7. The van der Waals surface area contributed by atoms with Crippen molar-refractivity contribution in [3.05, 3.63) is 0 Å². The van der Waals surface area contributed by atoms with E-state index in [1.807, 2.05) is 0 Å². The van der Waals surface area contributed by atoms with Crippen molar-refractivity contribution in [2.45, 2.75) is 32.8 Å². The quantitative estimate of drug-likeness (QED) is 0.413. The average molecular weight is 280 g/mol. The fourth-order valence-corrected chi connectivity index (χ4v) is 0.560. The Morgan fingerprint density at radius 2 is 1.63 bits per heavy atom. The minimum atomic E-state index is -1.02. The first-order chi connectivity index (χ1) is 8.87. The van der Waals surface area contributed by atoms with Gasteiger partial charge in [0.15, 0.2) is 0 Å². The zero-order valence-corrected chi connectivity index (χ0v) is 11.0. The molecular formula is C11H20O8. The van der Waals surface area contributed by atoms with E-state index >= 15 is 0 Å². The second kappa shape index (κ2) is 12.9. The molecule has 1 atom stereocenters. The monoisotopic (exact) mass is 280 g/mol. The number of aliphatic carboxylic acids is 1. The van der Waals surface area contributed by atoms with Gasteiger partial charge in [-0.3, -0.25) is 9.59 Å². The van der Waals surface area contributed by atoms with Gasteiger partial charge in [-0.1, -0.05) is 13.8 Å². The fourth-order valence-electron chi connectivity index (χ4n) is 0.560. The van der Waals surface area contributed by atoms with Crippen molar-refractivity contribution < 1.29 is 39.2 Å². The number of aliphatic hydroxyl groups excluding tert-OH is 2. The van der Waals surface area contributed by atoms with E-state index in [2.05, 4.69) is 9.47 Å². The largest absolute Gasteiger partial charge is 0.481 e. The Labute approximate surface area is 110 Å². The molecule has 0 heterocycles. The molecule has 0 rings (SSSR count). The topological polar surface area (TPSA) is 130 Å². The van der Waals surface area contributed by atoms with E-state index in [0.717, 1.165) is 0 Å². The van der Waals surface area contributed by atoms with Crippen LogP contribution in [0.4, 0.5) is 0 Å². The lowest BCUT2D eigenvalue weighted by Gasteiger charge is -2.07. The molecule has 8 heteroatoms. The highest BCUT2D eigenvalue weighted by molar-refractivity contribution is 5.85. The molecular weight excluding hydrogens is 260 g/mol. The lowest BCUT2D eigenvalue weighted by atomic mass is 10.4. The number of hydrogen-bond donors (Lipinski definition) is 3. The van der Waals surface area contributed by atoms with Crippen LogP contribution in [0.15, 0.2) is 0 Å². The number of ether oxygens (including phenoxy) is 2. The molecule has 0 spiro atoms. The van der Waals surface area contributed by atoms with Gasteiger partial charge in [-0.2, -0.15) is 0 Å². The SMILES string of the molecule is CCC(=O)O.CCC(=O)OC(=O)COCC(O)CO. The van der Waals surface area contributed by atoms with Gasteiger partial charge in [-0.25, -0.2) is 4.79 Å². The van der Waals surface area contributed by atoms with Crippen molar-refractivity contribution in [2.24, 2.45) is 0 Å². The van der Waals surface area contributed by atoms with Crippen molar-refractivity contribution >= 4 is 17.9 Å². The molecule has 112 valence electrons. The van der Waals surface area contributed by atoms with Crippen LogP contribution in [-0.4, -0.2) is 59.2 Å². The van der Waals surface area contributed by atoms with Gasteiger partial charge in [0.2, 0.25) is 0 Å². The summed E-state index contributed by atoms with van der Waals surface area (Å²) in [6.45, 7) is 2.13. The predicted molar refractivity (Wildman–Crippen MR) is 63.2 cm³/mol. The maximum atomic E-state index is 10.8. The Kier molecular flexibility index (Phi) is 13.5.